The maximum atomic E-state index is 13.7. The van der Waals surface area contributed by atoms with E-state index in [0.717, 1.165) is 25.7 Å². The number of imidazole rings is 1. The van der Waals surface area contributed by atoms with Crippen LogP contribution in [0.4, 0.5) is 18.9 Å². The van der Waals surface area contributed by atoms with Gasteiger partial charge in [-0.05, 0) is 49.7 Å². The van der Waals surface area contributed by atoms with Gasteiger partial charge in [0.15, 0.2) is 11.5 Å². The van der Waals surface area contributed by atoms with Crippen LogP contribution < -0.4 is 15.4 Å². The Kier molecular flexibility index (Phi) is 9.11. The van der Waals surface area contributed by atoms with Crippen LogP contribution in [0.5, 0.6) is 5.88 Å². The number of benzene rings is 1. The van der Waals surface area contributed by atoms with Gasteiger partial charge in [0.1, 0.15) is 0 Å². The summed E-state index contributed by atoms with van der Waals surface area (Å²) in [6.07, 6.45) is -2.12. The average molecular weight is 634 g/mol. The van der Waals surface area contributed by atoms with E-state index >= 15 is 0 Å². The van der Waals surface area contributed by atoms with Crippen LogP contribution in [-0.2, 0) is 18.0 Å². The third-order valence-electron chi connectivity index (χ3n) is 7.82. The fourth-order valence-corrected chi connectivity index (χ4v) is 5.66. The van der Waals surface area contributed by atoms with Crippen LogP contribution in [-0.4, -0.2) is 88.4 Å². The van der Waals surface area contributed by atoms with E-state index in [0.29, 0.717) is 38.5 Å². The Morgan fingerprint density at radius 3 is 2.48 bits per heavy atom. The fraction of sp³-hybridized carbons (Fsp3) is 0.414. The lowest BCUT2D eigenvalue weighted by molar-refractivity contribution is -0.140. The first-order valence-corrected chi connectivity index (χ1v) is 14.4. The number of anilines is 1. The minimum absolute atomic E-state index is 0.0222. The third kappa shape index (κ3) is 6.65. The van der Waals surface area contributed by atoms with E-state index in [-0.39, 0.29) is 51.0 Å². The van der Waals surface area contributed by atoms with E-state index in [1.54, 1.807) is 9.80 Å². The summed E-state index contributed by atoms with van der Waals surface area (Å²) in [7, 11) is 2.62. The molecule has 2 fully saturated rings. The van der Waals surface area contributed by atoms with Crippen molar-refractivity contribution in [2.24, 2.45) is 13.0 Å². The van der Waals surface area contributed by atoms with Gasteiger partial charge in [0.05, 0.1) is 29.6 Å². The zero-order valence-corrected chi connectivity index (χ0v) is 24.8. The Labute approximate surface area is 256 Å². The predicted molar refractivity (Wildman–Crippen MR) is 155 cm³/mol. The summed E-state index contributed by atoms with van der Waals surface area (Å²) in [4.78, 5) is 49.9. The van der Waals surface area contributed by atoms with Crippen molar-refractivity contribution in [1.82, 2.24) is 29.7 Å². The minimum Gasteiger partial charge on any atom is -0.481 e. The van der Waals surface area contributed by atoms with Crippen molar-refractivity contribution in [2.45, 2.75) is 19.0 Å². The lowest BCUT2D eigenvalue weighted by atomic mass is 10.0. The molecule has 2 saturated heterocycles. The van der Waals surface area contributed by atoms with Gasteiger partial charge in [0.25, 0.3) is 11.8 Å². The standard InChI is InChI=1S/C29H31ClF3N7O4/c1-38-22(20-5-6-23(44-2)37-25(20)29(31,32)33)16-35-26(38)27(42)36-18-3-4-19(21(30)14-18)28(43)40-11-9-39(10-12-40)24(41)13-17-7-8-34-15-17/h3-6,14,16-17,34H,7-13,15H2,1-2H3,(H,36,42). The Balaban J connectivity index is 1.23. The number of carbonyl (C=O) groups is 3. The van der Waals surface area contributed by atoms with Crippen LogP contribution in [0, 0.1) is 5.92 Å². The maximum Gasteiger partial charge on any atom is 0.434 e. The Morgan fingerprint density at radius 2 is 1.84 bits per heavy atom. The number of halogens is 4. The van der Waals surface area contributed by atoms with Crippen molar-refractivity contribution in [2.75, 3.05) is 51.7 Å². The van der Waals surface area contributed by atoms with Crippen LogP contribution in [0.15, 0.2) is 36.5 Å². The Morgan fingerprint density at radius 1 is 1.11 bits per heavy atom. The van der Waals surface area contributed by atoms with E-state index < -0.39 is 17.8 Å². The van der Waals surface area contributed by atoms with E-state index in [1.165, 1.54) is 49.1 Å². The van der Waals surface area contributed by atoms with E-state index in [4.69, 9.17) is 16.3 Å². The molecule has 0 saturated carbocycles. The highest BCUT2D eigenvalue weighted by atomic mass is 35.5. The van der Waals surface area contributed by atoms with Gasteiger partial charge in [-0.3, -0.25) is 14.4 Å². The number of hydrogen-bond donors (Lipinski definition) is 2. The lowest BCUT2D eigenvalue weighted by Crippen LogP contribution is -2.51. The first-order chi connectivity index (χ1) is 21.0. The maximum absolute atomic E-state index is 13.7. The van der Waals surface area contributed by atoms with Gasteiger partial charge >= 0.3 is 6.18 Å². The highest BCUT2D eigenvalue weighted by Crippen LogP contribution is 2.37. The molecule has 1 atom stereocenters. The molecule has 3 aromatic rings. The summed E-state index contributed by atoms with van der Waals surface area (Å²) in [5, 5.41) is 6.00. The van der Waals surface area contributed by atoms with Crippen molar-refractivity contribution >= 4 is 35.0 Å². The van der Waals surface area contributed by atoms with Gasteiger partial charge in [-0.1, -0.05) is 11.6 Å². The molecule has 0 aliphatic carbocycles. The van der Waals surface area contributed by atoms with Crippen LogP contribution in [0.3, 0.4) is 0 Å². The molecule has 1 aromatic carbocycles. The first kappa shape index (κ1) is 31.3. The number of alkyl halides is 3. The summed E-state index contributed by atoms with van der Waals surface area (Å²) in [6.45, 7) is 3.43. The van der Waals surface area contributed by atoms with E-state index in [9.17, 15) is 27.6 Å². The highest BCUT2D eigenvalue weighted by Gasteiger charge is 2.37. The van der Waals surface area contributed by atoms with Gasteiger partial charge in [-0.2, -0.15) is 13.2 Å². The highest BCUT2D eigenvalue weighted by molar-refractivity contribution is 6.34. The second kappa shape index (κ2) is 12.8. The number of nitrogens with one attached hydrogen (secondary N) is 2. The molecule has 2 N–H and O–H groups in total. The fourth-order valence-electron chi connectivity index (χ4n) is 5.40. The number of methoxy groups -OCH3 is 1. The number of ether oxygens (including phenoxy) is 1. The van der Waals surface area contributed by atoms with Gasteiger partial charge in [-0.25, -0.2) is 9.97 Å². The first-order valence-electron chi connectivity index (χ1n) is 14.0. The average Bonchev–Trinajstić information content (AvgIpc) is 3.65. The molecule has 2 aromatic heterocycles. The number of carbonyl (C=O) groups excluding carboxylic acids is 3. The van der Waals surface area contributed by atoms with Crippen molar-refractivity contribution < 1.29 is 32.3 Å². The molecule has 0 spiro atoms. The third-order valence-corrected chi connectivity index (χ3v) is 8.13. The molecule has 11 nitrogen and oxygen atoms in total. The summed E-state index contributed by atoms with van der Waals surface area (Å²) in [5.74, 6) is -0.889. The topological polar surface area (TPSA) is 122 Å². The van der Waals surface area contributed by atoms with Gasteiger partial charge in [-0.15, -0.1) is 0 Å². The summed E-state index contributed by atoms with van der Waals surface area (Å²) < 4.78 is 47.2. The van der Waals surface area contributed by atoms with Crippen molar-refractivity contribution in [3.8, 4) is 17.1 Å². The molecule has 4 heterocycles. The Hall–Kier alpha value is -4.17. The molecular formula is C29H31ClF3N7O4. The molecule has 44 heavy (non-hydrogen) atoms. The van der Waals surface area contributed by atoms with Gasteiger partial charge in [0.2, 0.25) is 11.8 Å². The number of pyridine rings is 1. The van der Waals surface area contributed by atoms with Gasteiger partial charge < -0.3 is 29.7 Å². The van der Waals surface area contributed by atoms with Crippen LogP contribution >= 0.6 is 11.6 Å². The molecule has 1 unspecified atom stereocenters. The Bertz CT molecular complexity index is 1560. The minimum atomic E-state index is -4.77. The number of hydrogen-bond acceptors (Lipinski definition) is 7. The van der Waals surface area contributed by atoms with Crippen LogP contribution in [0.2, 0.25) is 5.02 Å². The molecule has 2 aliphatic rings. The molecular weight excluding hydrogens is 603 g/mol. The number of aromatic nitrogens is 3. The molecule has 0 radical (unpaired) electrons. The van der Waals surface area contributed by atoms with Crippen LogP contribution in [0.25, 0.3) is 11.3 Å². The number of piperazine rings is 1. The second-order valence-electron chi connectivity index (χ2n) is 10.7. The summed E-state index contributed by atoms with van der Waals surface area (Å²) in [6, 6.07) is 6.91. The number of amides is 3. The molecule has 2 aliphatic heterocycles. The summed E-state index contributed by atoms with van der Waals surface area (Å²) >= 11 is 6.43. The monoisotopic (exact) mass is 633 g/mol. The predicted octanol–water partition coefficient (Wildman–Crippen LogP) is 3.70. The zero-order chi connectivity index (χ0) is 31.6. The number of nitrogens with zero attached hydrogens (tertiary/aromatic N) is 5. The largest absolute Gasteiger partial charge is 0.481 e. The number of rotatable bonds is 7. The normalized spacial score (nSPS) is 17.1. The molecule has 15 heteroatoms. The molecule has 0 bridgehead atoms. The zero-order valence-electron chi connectivity index (χ0n) is 24.1. The molecule has 3 amide bonds. The molecule has 234 valence electrons. The lowest BCUT2D eigenvalue weighted by Gasteiger charge is -2.35. The van der Waals surface area contributed by atoms with Crippen molar-refractivity contribution in [1.29, 1.82) is 0 Å². The quantitative estimate of drug-likeness (QED) is 0.407. The van der Waals surface area contributed by atoms with E-state index in [1.807, 2.05) is 0 Å². The van der Waals surface area contributed by atoms with Crippen LogP contribution in [0.1, 0.15) is 39.5 Å². The summed E-state index contributed by atoms with van der Waals surface area (Å²) in [5.41, 5.74) is -0.913. The SMILES string of the molecule is COc1ccc(-c2cnc(C(=O)Nc3ccc(C(=O)N4CCN(C(=O)CC5CCNC5)CC4)c(Cl)c3)n2C)c(C(F)(F)F)n1. The van der Waals surface area contributed by atoms with Crippen molar-refractivity contribution in [3.63, 3.8) is 0 Å². The molecule has 5 rings (SSSR count). The van der Waals surface area contributed by atoms with E-state index in [2.05, 4.69) is 20.6 Å². The second-order valence-corrected chi connectivity index (χ2v) is 11.1. The smallest absolute Gasteiger partial charge is 0.434 e. The van der Waals surface area contributed by atoms with Crippen molar-refractivity contribution in [3.05, 3.63) is 58.6 Å². The van der Waals surface area contributed by atoms with Gasteiger partial charge in [0, 0.05) is 57.0 Å².